The Hall–Kier alpha value is -3.28. The Bertz CT molecular complexity index is 909. The molecule has 106 valence electrons. The van der Waals surface area contributed by atoms with E-state index in [4.69, 9.17) is 4.74 Å². The Morgan fingerprint density at radius 3 is 2.05 bits per heavy atom. The Morgan fingerprint density at radius 2 is 1.23 bits per heavy atom. The fourth-order valence-electron chi connectivity index (χ4n) is 2.57. The number of carbonyl (C=O) groups is 4. The minimum atomic E-state index is -0.886. The SMILES string of the molecule is O=C1OC(=O)c2cc3c(c(c2)-c2cccc1c2)C(=O)OC3=O. The summed E-state index contributed by atoms with van der Waals surface area (Å²) in [5.74, 6) is -3.27. The fourth-order valence-corrected chi connectivity index (χ4v) is 2.57. The molecule has 0 aliphatic carbocycles. The van der Waals surface area contributed by atoms with Crippen LogP contribution >= 0.6 is 0 Å². The van der Waals surface area contributed by atoms with Gasteiger partial charge in [-0.15, -0.1) is 0 Å². The quantitative estimate of drug-likeness (QED) is 0.545. The van der Waals surface area contributed by atoms with Crippen LogP contribution in [-0.4, -0.2) is 23.9 Å². The maximum absolute atomic E-state index is 12.0. The number of esters is 4. The first-order valence-corrected chi connectivity index (χ1v) is 6.36. The molecule has 22 heavy (non-hydrogen) atoms. The zero-order valence-corrected chi connectivity index (χ0v) is 10.9. The van der Waals surface area contributed by atoms with Gasteiger partial charge >= 0.3 is 23.9 Å². The maximum atomic E-state index is 12.0. The zero-order valence-electron chi connectivity index (χ0n) is 10.9. The molecule has 2 aromatic rings. The minimum absolute atomic E-state index is 0.00537. The summed E-state index contributed by atoms with van der Waals surface area (Å²) in [6.45, 7) is 0. The molecule has 0 aromatic heterocycles. The molecule has 0 fully saturated rings. The van der Waals surface area contributed by atoms with Crippen molar-refractivity contribution in [3.63, 3.8) is 0 Å². The van der Waals surface area contributed by atoms with Gasteiger partial charge in [-0.3, -0.25) is 0 Å². The highest BCUT2D eigenvalue weighted by Crippen LogP contribution is 2.34. The molecule has 6 nitrogen and oxygen atoms in total. The van der Waals surface area contributed by atoms with E-state index in [1.165, 1.54) is 24.3 Å². The van der Waals surface area contributed by atoms with Gasteiger partial charge in [0, 0.05) is 0 Å². The lowest BCUT2D eigenvalue weighted by Gasteiger charge is -2.06. The summed E-state index contributed by atoms with van der Waals surface area (Å²) in [5.41, 5.74) is 1.16. The van der Waals surface area contributed by atoms with E-state index in [-0.39, 0.29) is 22.3 Å². The third-order valence-corrected chi connectivity index (χ3v) is 3.58. The molecule has 4 bridgehead atoms. The first-order valence-electron chi connectivity index (χ1n) is 6.36. The molecule has 2 aliphatic rings. The molecular weight excluding hydrogens is 288 g/mol. The number of hydrogen-bond acceptors (Lipinski definition) is 6. The third kappa shape index (κ3) is 1.61. The van der Waals surface area contributed by atoms with Crippen LogP contribution < -0.4 is 0 Å². The molecule has 0 unspecified atom stereocenters. The van der Waals surface area contributed by atoms with Gasteiger partial charge in [-0.25, -0.2) is 19.2 Å². The van der Waals surface area contributed by atoms with E-state index in [1.807, 2.05) is 0 Å². The first kappa shape index (κ1) is 12.5. The molecule has 0 atom stereocenters. The molecule has 0 saturated carbocycles. The summed E-state index contributed by atoms with van der Waals surface area (Å²) in [6, 6.07) is 8.88. The van der Waals surface area contributed by atoms with Crippen LogP contribution in [-0.2, 0) is 9.47 Å². The summed E-state index contributed by atoms with van der Waals surface area (Å²) in [5, 5.41) is 0. The maximum Gasteiger partial charge on any atom is 0.347 e. The van der Waals surface area contributed by atoms with E-state index in [1.54, 1.807) is 12.1 Å². The van der Waals surface area contributed by atoms with Gasteiger partial charge < -0.3 is 9.47 Å². The van der Waals surface area contributed by atoms with Crippen molar-refractivity contribution in [3.05, 3.63) is 58.7 Å². The van der Waals surface area contributed by atoms with Crippen LogP contribution in [0.1, 0.15) is 41.4 Å². The minimum Gasteiger partial charge on any atom is -0.386 e. The Kier molecular flexibility index (Phi) is 2.33. The molecule has 4 rings (SSSR count). The van der Waals surface area contributed by atoms with E-state index < -0.39 is 23.9 Å². The molecule has 0 spiro atoms. The average Bonchev–Trinajstić information content (AvgIpc) is 2.81. The Morgan fingerprint density at radius 1 is 0.591 bits per heavy atom. The molecule has 2 aromatic carbocycles. The summed E-state index contributed by atoms with van der Waals surface area (Å²) in [4.78, 5) is 47.5. The van der Waals surface area contributed by atoms with Crippen LogP contribution in [0.3, 0.4) is 0 Å². The number of carbonyl (C=O) groups excluding carboxylic acids is 4. The van der Waals surface area contributed by atoms with Crippen molar-refractivity contribution in [1.29, 1.82) is 0 Å². The topological polar surface area (TPSA) is 86.7 Å². The van der Waals surface area contributed by atoms with Crippen molar-refractivity contribution in [2.24, 2.45) is 0 Å². The fraction of sp³-hybridized carbons (Fsp3) is 0. The smallest absolute Gasteiger partial charge is 0.347 e. The summed E-state index contributed by atoms with van der Waals surface area (Å²) in [6.07, 6.45) is 0. The lowest BCUT2D eigenvalue weighted by molar-refractivity contribution is 0.0394. The highest BCUT2D eigenvalue weighted by molar-refractivity contribution is 6.19. The van der Waals surface area contributed by atoms with E-state index in [2.05, 4.69) is 4.74 Å². The lowest BCUT2D eigenvalue weighted by Crippen LogP contribution is -2.12. The van der Waals surface area contributed by atoms with Crippen LogP contribution in [0.5, 0.6) is 0 Å². The lowest BCUT2D eigenvalue weighted by atomic mass is 9.93. The second-order valence-electron chi connectivity index (χ2n) is 4.88. The Balaban J connectivity index is 2.12. The largest absolute Gasteiger partial charge is 0.386 e. The molecule has 0 radical (unpaired) electrons. The van der Waals surface area contributed by atoms with Crippen molar-refractivity contribution in [3.8, 4) is 11.1 Å². The van der Waals surface area contributed by atoms with Crippen molar-refractivity contribution in [2.45, 2.75) is 0 Å². The first-order chi connectivity index (χ1) is 10.5. The normalized spacial score (nSPS) is 15.5. The third-order valence-electron chi connectivity index (χ3n) is 3.58. The zero-order chi connectivity index (χ0) is 15.4. The number of hydrogen-bond donors (Lipinski definition) is 0. The van der Waals surface area contributed by atoms with Crippen LogP contribution in [0.2, 0.25) is 0 Å². The predicted molar refractivity (Wildman–Crippen MR) is 71.4 cm³/mol. The second kappa shape index (κ2) is 4.11. The van der Waals surface area contributed by atoms with Gasteiger partial charge in [0.25, 0.3) is 0 Å². The number of benzene rings is 2. The predicted octanol–water partition coefficient (Wildman–Crippen LogP) is 1.97. The molecule has 6 heteroatoms. The van der Waals surface area contributed by atoms with Gasteiger partial charge in [0.1, 0.15) is 0 Å². The molecule has 2 heterocycles. The van der Waals surface area contributed by atoms with Crippen LogP contribution in [0.15, 0.2) is 36.4 Å². The van der Waals surface area contributed by atoms with Gasteiger partial charge in [0.05, 0.1) is 22.3 Å². The molecule has 0 saturated heterocycles. The van der Waals surface area contributed by atoms with E-state index >= 15 is 0 Å². The van der Waals surface area contributed by atoms with Gasteiger partial charge in [0.2, 0.25) is 0 Å². The van der Waals surface area contributed by atoms with Crippen LogP contribution in [0.4, 0.5) is 0 Å². The van der Waals surface area contributed by atoms with Crippen molar-refractivity contribution < 1.29 is 28.7 Å². The van der Waals surface area contributed by atoms with Crippen molar-refractivity contribution >= 4 is 23.9 Å². The Labute approximate surface area is 123 Å². The number of rotatable bonds is 0. The molecular formula is C16H6O6. The van der Waals surface area contributed by atoms with Gasteiger partial charge in [-0.1, -0.05) is 12.1 Å². The summed E-state index contributed by atoms with van der Waals surface area (Å²) in [7, 11) is 0. The number of fused-ring (bicyclic) bond motifs is 7. The van der Waals surface area contributed by atoms with Gasteiger partial charge in [-0.2, -0.15) is 0 Å². The van der Waals surface area contributed by atoms with Crippen molar-refractivity contribution in [1.82, 2.24) is 0 Å². The number of cyclic esters (lactones) is 4. The van der Waals surface area contributed by atoms with Crippen molar-refractivity contribution in [2.75, 3.05) is 0 Å². The highest BCUT2D eigenvalue weighted by Gasteiger charge is 2.35. The van der Waals surface area contributed by atoms with Crippen LogP contribution in [0.25, 0.3) is 11.1 Å². The van der Waals surface area contributed by atoms with E-state index in [9.17, 15) is 19.2 Å². The van der Waals surface area contributed by atoms with Gasteiger partial charge in [0.15, 0.2) is 0 Å². The molecule has 2 aliphatic heterocycles. The standard InChI is InChI=1S/C16H6O6/c17-13-8-3-1-2-7(4-8)10-5-9(14(18)21-13)6-11-12(10)16(20)22-15(11)19/h1-6H. The second-order valence-corrected chi connectivity index (χ2v) is 4.88. The van der Waals surface area contributed by atoms with Gasteiger partial charge in [-0.05, 0) is 35.4 Å². The summed E-state index contributed by atoms with van der Waals surface area (Å²) < 4.78 is 9.36. The van der Waals surface area contributed by atoms with E-state index in [0.717, 1.165) is 0 Å². The highest BCUT2D eigenvalue weighted by atomic mass is 16.6. The van der Waals surface area contributed by atoms with Crippen LogP contribution in [0, 0.1) is 0 Å². The average molecular weight is 294 g/mol. The molecule has 0 amide bonds. The monoisotopic (exact) mass is 294 g/mol. The summed E-state index contributed by atoms with van der Waals surface area (Å²) >= 11 is 0. The number of ether oxygens (including phenoxy) is 2. The molecule has 0 N–H and O–H groups in total. The van der Waals surface area contributed by atoms with E-state index in [0.29, 0.717) is 11.1 Å².